The molecule has 1 aliphatic rings. The first-order chi connectivity index (χ1) is 15.0. The zero-order valence-electron chi connectivity index (χ0n) is 17.1. The Morgan fingerprint density at radius 1 is 1.35 bits per heavy atom. The number of piperidine rings is 1. The molecule has 0 radical (unpaired) electrons. The number of hydrogen-bond donors (Lipinski definition) is 4. The molecule has 1 aliphatic heterocycles. The molecule has 5 N–H and O–H groups in total. The summed E-state index contributed by atoms with van der Waals surface area (Å²) >= 11 is 15.6. The number of thiol groups is 1. The van der Waals surface area contributed by atoms with Crippen LogP contribution in [0.15, 0.2) is 35.6 Å². The fourth-order valence-corrected chi connectivity index (χ4v) is 3.41. The van der Waals surface area contributed by atoms with Crippen LogP contribution in [0.25, 0.3) is 5.57 Å². The number of nitrogen functional groups attached to an aromatic ring is 1. The second-order valence-corrected chi connectivity index (χ2v) is 7.38. The summed E-state index contributed by atoms with van der Waals surface area (Å²) in [5, 5.41) is 3.52. The number of halogens is 3. The average Bonchev–Trinajstić information content (AvgIpc) is 2.80. The fraction of sp³-hybridized carbons (Fsp3) is 0.333. The molecular formula is C21H26Cl2FN5OS. The molecule has 6 nitrogen and oxygen atoms in total. The average molecular weight is 486 g/mol. The van der Waals surface area contributed by atoms with Gasteiger partial charge in [0.25, 0.3) is 0 Å². The van der Waals surface area contributed by atoms with Crippen LogP contribution in [0, 0.1) is 5.82 Å². The van der Waals surface area contributed by atoms with Crippen LogP contribution in [0.2, 0.25) is 10.0 Å². The molecule has 1 saturated heterocycles. The van der Waals surface area contributed by atoms with Crippen molar-refractivity contribution >= 4 is 53.4 Å². The van der Waals surface area contributed by atoms with Crippen LogP contribution in [0.5, 0.6) is 5.75 Å². The van der Waals surface area contributed by atoms with Gasteiger partial charge in [-0.1, -0.05) is 23.2 Å². The number of nitrogens with zero attached hydrogens (tertiary/aromatic N) is 2. The minimum absolute atomic E-state index is 0.0599. The van der Waals surface area contributed by atoms with Crippen molar-refractivity contribution in [3.63, 3.8) is 0 Å². The third kappa shape index (κ3) is 7.00. The van der Waals surface area contributed by atoms with Gasteiger partial charge >= 0.3 is 0 Å². The lowest BCUT2D eigenvalue weighted by atomic mass is 10.1. The molecule has 3 rings (SSSR count). The molecule has 10 heteroatoms. The lowest BCUT2D eigenvalue weighted by molar-refractivity contribution is 0.306. The summed E-state index contributed by atoms with van der Waals surface area (Å²) in [5.74, 6) is -0.0745. The van der Waals surface area contributed by atoms with Gasteiger partial charge in [0.2, 0.25) is 0 Å². The maximum absolute atomic E-state index is 13.7. The number of benzene rings is 1. The van der Waals surface area contributed by atoms with Crippen LogP contribution in [0.4, 0.5) is 10.2 Å². The largest absolute Gasteiger partial charge is 0.485 e. The topological polar surface area (TPSA) is 98.5 Å². The van der Waals surface area contributed by atoms with E-state index in [1.54, 1.807) is 24.7 Å². The molecule has 0 atom stereocenters. The summed E-state index contributed by atoms with van der Waals surface area (Å²) in [6, 6.07) is 4.59. The standard InChI is InChI=1S/C20H22Cl2FN5O.CH4S/c21-16-1-2-17(23)19(22)15(16)11-29-18-7-12(9-28-20(18)25)13(8-24)10-27-14-3-5-26-6-4-14;1-2/h1-2,7-10,14,26H,3-6,11,24H2,(H2,25,28);2H,1H3/b13-8+,27-10?;. The molecule has 2 heterocycles. The molecule has 0 saturated carbocycles. The predicted molar refractivity (Wildman–Crippen MR) is 131 cm³/mol. The number of anilines is 1. The first kappa shape index (κ1) is 25.3. The van der Waals surface area contributed by atoms with Gasteiger partial charge in [0.1, 0.15) is 12.4 Å². The van der Waals surface area contributed by atoms with E-state index < -0.39 is 5.82 Å². The number of nitrogens with two attached hydrogens (primary N) is 2. The van der Waals surface area contributed by atoms with E-state index in [0.29, 0.717) is 27.5 Å². The Bertz CT molecular complexity index is 936. The summed E-state index contributed by atoms with van der Waals surface area (Å²) in [6.07, 6.45) is 8.46. The monoisotopic (exact) mass is 485 g/mol. The molecule has 168 valence electrons. The van der Waals surface area contributed by atoms with Crippen molar-refractivity contribution in [1.29, 1.82) is 0 Å². The van der Waals surface area contributed by atoms with E-state index in [2.05, 4.69) is 27.9 Å². The highest BCUT2D eigenvalue weighted by Crippen LogP contribution is 2.30. The Kier molecular flexibility index (Phi) is 10.4. The third-order valence-electron chi connectivity index (χ3n) is 4.64. The minimum atomic E-state index is -0.572. The van der Waals surface area contributed by atoms with Crippen LogP contribution in [0.1, 0.15) is 24.0 Å². The summed E-state index contributed by atoms with van der Waals surface area (Å²) in [5.41, 5.74) is 13.4. The number of aliphatic imine (C=N–C) groups is 1. The molecule has 1 fully saturated rings. The van der Waals surface area contributed by atoms with Gasteiger partial charge in [0, 0.05) is 40.3 Å². The van der Waals surface area contributed by atoms with Gasteiger partial charge in [-0.2, -0.15) is 12.6 Å². The van der Waals surface area contributed by atoms with E-state index >= 15 is 0 Å². The summed E-state index contributed by atoms with van der Waals surface area (Å²) < 4.78 is 19.4. The minimum Gasteiger partial charge on any atom is -0.485 e. The number of ether oxygens (including phenoxy) is 1. The molecule has 1 aromatic heterocycles. The number of hydrogen-bond acceptors (Lipinski definition) is 7. The Balaban J connectivity index is 0.00000166. The van der Waals surface area contributed by atoms with E-state index in [1.807, 2.05) is 0 Å². The maximum Gasteiger partial charge on any atom is 0.166 e. The van der Waals surface area contributed by atoms with Crippen LogP contribution in [-0.2, 0) is 6.61 Å². The smallest absolute Gasteiger partial charge is 0.166 e. The fourth-order valence-electron chi connectivity index (χ4n) is 2.94. The van der Waals surface area contributed by atoms with Crippen molar-refractivity contribution in [1.82, 2.24) is 10.3 Å². The van der Waals surface area contributed by atoms with E-state index in [1.165, 1.54) is 18.3 Å². The van der Waals surface area contributed by atoms with Gasteiger partial charge in [-0.3, -0.25) is 4.99 Å². The molecule has 0 aliphatic carbocycles. The van der Waals surface area contributed by atoms with E-state index in [4.69, 9.17) is 39.4 Å². The predicted octanol–water partition coefficient (Wildman–Crippen LogP) is 4.36. The molecule has 0 unspecified atom stereocenters. The summed E-state index contributed by atoms with van der Waals surface area (Å²) in [4.78, 5) is 8.78. The first-order valence-electron chi connectivity index (χ1n) is 9.61. The van der Waals surface area contributed by atoms with Crippen LogP contribution < -0.4 is 21.5 Å². The van der Waals surface area contributed by atoms with Gasteiger partial charge in [0.15, 0.2) is 11.6 Å². The highest BCUT2D eigenvalue weighted by molar-refractivity contribution is 7.79. The summed E-state index contributed by atoms with van der Waals surface area (Å²) in [7, 11) is 0. The molecule has 31 heavy (non-hydrogen) atoms. The number of aromatic nitrogens is 1. The third-order valence-corrected chi connectivity index (χ3v) is 5.40. The van der Waals surface area contributed by atoms with Crippen molar-refractivity contribution in [2.24, 2.45) is 10.7 Å². The lowest BCUT2D eigenvalue weighted by Crippen LogP contribution is -2.29. The van der Waals surface area contributed by atoms with Crippen LogP contribution in [0.3, 0.4) is 0 Å². The Morgan fingerprint density at radius 2 is 2.06 bits per heavy atom. The number of allylic oxidation sites excluding steroid dienone is 1. The van der Waals surface area contributed by atoms with E-state index in [-0.39, 0.29) is 23.5 Å². The SMILES string of the molecule is CS.N/C=C(\C=NC1CCNCC1)c1cnc(N)c(OCc2c(Cl)ccc(F)c2Cl)c1. The van der Waals surface area contributed by atoms with Crippen molar-refractivity contribution in [3.8, 4) is 5.75 Å². The molecule has 0 bridgehead atoms. The first-order valence-corrected chi connectivity index (χ1v) is 11.3. The van der Waals surface area contributed by atoms with Crippen molar-refractivity contribution in [2.45, 2.75) is 25.5 Å². The second kappa shape index (κ2) is 12.8. The van der Waals surface area contributed by atoms with Gasteiger partial charge in [-0.05, 0) is 50.4 Å². The maximum atomic E-state index is 13.7. The van der Waals surface area contributed by atoms with Gasteiger partial charge in [-0.15, -0.1) is 0 Å². The Hall–Kier alpha value is -2.00. The highest BCUT2D eigenvalue weighted by atomic mass is 35.5. The second-order valence-electron chi connectivity index (χ2n) is 6.60. The highest BCUT2D eigenvalue weighted by Gasteiger charge is 2.14. The van der Waals surface area contributed by atoms with Gasteiger partial charge < -0.3 is 21.5 Å². The van der Waals surface area contributed by atoms with Gasteiger partial charge in [-0.25, -0.2) is 9.37 Å². The zero-order valence-corrected chi connectivity index (χ0v) is 19.5. The molecule has 1 aromatic carbocycles. The van der Waals surface area contributed by atoms with Crippen molar-refractivity contribution in [3.05, 3.63) is 57.6 Å². The normalized spacial score (nSPS) is 14.9. The summed E-state index contributed by atoms with van der Waals surface area (Å²) in [6.45, 7) is 1.85. The van der Waals surface area contributed by atoms with Crippen LogP contribution >= 0.6 is 35.8 Å². The number of pyridine rings is 1. The quantitative estimate of drug-likeness (QED) is 0.276. The van der Waals surface area contributed by atoms with Crippen molar-refractivity contribution in [2.75, 3.05) is 25.1 Å². The van der Waals surface area contributed by atoms with E-state index in [9.17, 15) is 4.39 Å². The number of nitrogens with one attached hydrogen (secondary N) is 1. The van der Waals surface area contributed by atoms with Crippen molar-refractivity contribution < 1.29 is 9.13 Å². The molecule has 0 spiro atoms. The van der Waals surface area contributed by atoms with E-state index in [0.717, 1.165) is 25.9 Å². The lowest BCUT2D eigenvalue weighted by Gasteiger charge is -2.18. The number of rotatable bonds is 6. The molecule has 0 amide bonds. The zero-order chi connectivity index (χ0) is 22.8. The molecule has 2 aromatic rings. The Labute approximate surface area is 197 Å². The van der Waals surface area contributed by atoms with Crippen LogP contribution in [-0.4, -0.2) is 36.6 Å². The van der Waals surface area contributed by atoms with Gasteiger partial charge in [0.05, 0.1) is 11.1 Å². The molecular weight excluding hydrogens is 460 g/mol. The Morgan fingerprint density at radius 3 is 2.74 bits per heavy atom.